The number of rotatable bonds is 11. The van der Waals surface area contributed by atoms with E-state index in [0.29, 0.717) is 18.0 Å². The fraction of sp³-hybridized carbons (Fsp3) is 0.279. The zero-order valence-corrected chi connectivity index (χ0v) is 29.3. The highest BCUT2D eigenvalue weighted by molar-refractivity contribution is 5.89. The van der Waals surface area contributed by atoms with E-state index in [4.69, 9.17) is 18.9 Å². The van der Waals surface area contributed by atoms with Crippen LogP contribution in [-0.4, -0.2) is 55.0 Å². The van der Waals surface area contributed by atoms with Gasteiger partial charge in [0.05, 0.1) is 32.0 Å². The van der Waals surface area contributed by atoms with Crippen LogP contribution < -0.4 is 15.4 Å². The molecule has 4 unspecified atom stereocenters. The molecule has 5 aromatic carbocycles. The monoisotopic (exact) mass is 699 g/mol. The van der Waals surface area contributed by atoms with Gasteiger partial charge >= 0.3 is 6.03 Å². The van der Waals surface area contributed by atoms with Crippen LogP contribution in [0.3, 0.4) is 0 Å². The van der Waals surface area contributed by atoms with Crippen LogP contribution >= 0.6 is 0 Å². The summed E-state index contributed by atoms with van der Waals surface area (Å²) >= 11 is 0. The summed E-state index contributed by atoms with van der Waals surface area (Å²) in [7, 11) is 0. The maximum absolute atomic E-state index is 12.8. The first-order valence-electron chi connectivity index (χ1n) is 17.9. The quantitative estimate of drug-likeness (QED) is 0.128. The molecular formula is C43H45N3O6. The van der Waals surface area contributed by atoms with E-state index in [-0.39, 0.29) is 30.8 Å². The Hall–Kier alpha value is -5.03. The number of hydrogen-bond donors (Lipinski definition) is 3. The highest BCUT2D eigenvalue weighted by Gasteiger charge is 2.39. The first-order valence-corrected chi connectivity index (χ1v) is 17.9. The van der Waals surface area contributed by atoms with Crippen molar-refractivity contribution >= 4 is 11.7 Å². The van der Waals surface area contributed by atoms with Crippen molar-refractivity contribution < 1.29 is 28.8 Å². The lowest BCUT2D eigenvalue weighted by atomic mass is 9.89. The minimum absolute atomic E-state index is 0.00445. The number of benzene rings is 5. The number of ether oxygens (including phenoxy) is 4. The highest BCUT2D eigenvalue weighted by Crippen LogP contribution is 2.42. The number of hydrogen-bond acceptors (Lipinski definition) is 7. The fourth-order valence-electron chi connectivity index (χ4n) is 6.68. The molecule has 2 aliphatic heterocycles. The van der Waals surface area contributed by atoms with Crippen LogP contribution in [0, 0.1) is 5.92 Å². The zero-order valence-electron chi connectivity index (χ0n) is 29.3. The van der Waals surface area contributed by atoms with Gasteiger partial charge in [0.25, 0.3) is 0 Å². The first-order chi connectivity index (χ1) is 25.5. The van der Waals surface area contributed by atoms with Crippen LogP contribution in [0.15, 0.2) is 127 Å². The van der Waals surface area contributed by atoms with Crippen molar-refractivity contribution in [2.45, 2.75) is 38.6 Å². The van der Waals surface area contributed by atoms with Crippen molar-refractivity contribution in [3.63, 3.8) is 0 Å². The number of carbonyl (C=O) groups excluding carboxylic acids is 1. The molecule has 0 radical (unpaired) electrons. The molecule has 0 aromatic heterocycles. The summed E-state index contributed by atoms with van der Waals surface area (Å²) < 4.78 is 24.9. The molecule has 5 aromatic rings. The van der Waals surface area contributed by atoms with E-state index in [1.54, 1.807) is 0 Å². The molecule has 2 fully saturated rings. The van der Waals surface area contributed by atoms with E-state index >= 15 is 0 Å². The molecule has 9 nitrogen and oxygen atoms in total. The maximum atomic E-state index is 12.8. The summed E-state index contributed by atoms with van der Waals surface area (Å²) in [4.78, 5) is 15.2. The molecular weight excluding hydrogens is 654 g/mol. The Morgan fingerprint density at radius 3 is 2.23 bits per heavy atom. The van der Waals surface area contributed by atoms with Crippen molar-refractivity contribution in [3.8, 4) is 22.6 Å². The lowest BCUT2D eigenvalue weighted by Crippen LogP contribution is -2.47. The van der Waals surface area contributed by atoms with E-state index in [2.05, 4.69) is 64.9 Å². The summed E-state index contributed by atoms with van der Waals surface area (Å²) in [5.41, 5.74) is 6.58. The average Bonchev–Trinajstić information content (AvgIpc) is 3.20. The second-order valence-corrected chi connectivity index (χ2v) is 13.3. The highest BCUT2D eigenvalue weighted by atomic mass is 16.7. The van der Waals surface area contributed by atoms with Crippen molar-refractivity contribution in [1.29, 1.82) is 0 Å². The number of morpholine rings is 1. The Bertz CT molecular complexity index is 1900. The van der Waals surface area contributed by atoms with Crippen LogP contribution in [-0.2, 0) is 27.4 Å². The molecule has 2 saturated heterocycles. The smallest absolute Gasteiger partial charge is 0.319 e. The maximum Gasteiger partial charge on any atom is 0.319 e. The van der Waals surface area contributed by atoms with Gasteiger partial charge in [-0.3, -0.25) is 4.90 Å². The Kier molecular flexibility index (Phi) is 11.6. The van der Waals surface area contributed by atoms with Crippen LogP contribution in [0.1, 0.15) is 41.6 Å². The van der Waals surface area contributed by atoms with Gasteiger partial charge in [-0.15, -0.1) is 0 Å². The van der Waals surface area contributed by atoms with Gasteiger partial charge in [0, 0.05) is 43.3 Å². The topological polar surface area (TPSA) is 102 Å². The summed E-state index contributed by atoms with van der Waals surface area (Å²) in [5.74, 6) is 1.55. The summed E-state index contributed by atoms with van der Waals surface area (Å²) in [6.45, 7) is 6.58. The van der Waals surface area contributed by atoms with Gasteiger partial charge in [-0.05, 0) is 76.3 Å². The van der Waals surface area contributed by atoms with Crippen molar-refractivity contribution in [2.75, 3.05) is 38.2 Å². The van der Waals surface area contributed by atoms with Gasteiger partial charge in [0.1, 0.15) is 11.5 Å². The van der Waals surface area contributed by atoms with E-state index in [9.17, 15) is 9.90 Å². The molecule has 2 aliphatic rings. The van der Waals surface area contributed by atoms with Crippen LogP contribution in [0.25, 0.3) is 11.1 Å². The summed E-state index contributed by atoms with van der Waals surface area (Å²) in [6.07, 6.45) is -0.788. The third-order valence-corrected chi connectivity index (χ3v) is 9.63. The Labute approximate surface area is 305 Å². The molecule has 268 valence electrons. The molecule has 2 heterocycles. The van der Waals surface area contributed by atoms with Crippen LogP contribution in [0.4, 0.5) is 10.5 Å². The molecule has 0 spiro atoms. The number of amides is 2. The number of aliphatic hydroxyl groups is 1. The number of carbonyl (C=O) groups is 1. The SMILES string of the molecule is CC1C(CN2CCOCC2)OC(c2cccc(-c3cccc(CNC(=O)Nc4ccc(Oc5ccccc5)cc4)c3)c2)OC1c1ccc(CO)cc1. The van der Waals surface area contributed by atoms with Gasteiger partial charge in [-0.2, -0.15) is 0 Å². The molecule has 4 atom stereocenters. The lowest BCUT2D eigenvalue weighted by Gasteiger charge is -2.43. The van der Waals surface area contributed by atoms with Crippen LogP contribution in [0.5, 0.6) is 11.5 Å². The molecule has 9 heteroatoms. The molecule has 0 aliphatic carbocycles. The predicted octanol–water partition coefficient (Wildman–Crippen LogP) is 8.08. The van der Waals surface area contributed by atoms with E-state index < -0.39 is 6.29 Å². The second-order valence-electron chi connectivity index (χ2n) is 13.3. The summed E-state index contributed by atoms with van der Waals surface area (Å²) in [6, 6.07) is 41.0. The van der Waals surface area contributed by atoms with Crippen molar-refractivity contribution in [3.05, 3.63) is 150 Å². The third kappa shape index (κ3) is 9.06. The predicted molar refractivity (Wildman–Crippen MR) is 201 cm³/mol. The Balaban J connectivity index is 1.01. The van der Waals surface area contributed by atoms with Gasteiger partial charge in [0.15, 0.2) is 6.29 Å². The molecule has 7 rings (SSSR count). The molecule has 3 N–H and O–H groups in total. The number of aliphatic hydroxyl groups excluding tert-OH is 1. The van der Waals surface area contributed by atoms with Gasteiger partial charge in [-0.25, -0.2) is 4.79 Å². The van der Waals surface area contributed by atoms with Gasteiger partial charge in [0.2, 0.25) is 0 Å². The number of nitrogens with zero attached hydrogens (tertiary/aromatic N) is 1. The molecule has 0 saturated carbocycles. The average molecular weight is 700 g/mol. The Morgan fingerprint density at radius 1 is 0.769 bits per heavy atom. The second kappa shape index (κ2) is 17.0. The third-order valence-electron chi connectivity index (χ3n) is 9.63. The normalized spacial score (nSPS) is 20.6. The zero-order chi connectivity index (χ0) is 35.7. The Morgan fingerprint density at radius 2 is 1.48 bits per heavy atom. The van der Waals surface area contributed by atoms with Gasteiger partial charge < -0.3 is 34.7 Å². The number of nitrogens with one attached hydrogen (secondary N) is 2. The van der Waals surface area contributed by atoms with E-state index in [1.165, 1.54) is 0 Å². The largest absolute Gasteiger partial charge is 0.457 e. The first kappa shape index (κ1) is 35.4. The standard InChI is InChI=1S/C43H45N3O6/c1-30-40(28-46-21-23-49-24-22-46)51-42(52-41(30)33-15-13-31(29-47)14-16-33)36-10-6-9-35(26-36)34-8-5-7-32(25-34)27-44-43(48)45-37-17-19-39(20-18-37)50-38-11-3-2-4-12-38/h2-20,25-26,30,40-42,47H,21-24,27-29H2,1H3,(H2,44,45,48). The molecule has 52 heavy (non-hydrogen) atoms. The van der Waals surface area contributed by atoms with Crippen molar-refractivity contribution in [1.82, 2.24) is 10.2 Å². The fourth-order valence-corrected chi connectivity index (χ4v) is 6.68. The van der Waals surface area contributed by atoms with Crippen molar-refractivity contribution in [2.24, 2.45) is 5.92 Å². The van der Waals surface area contributed by atoms with E-state index in [1.807, 2.05) is 84.9 Å². The van der Waals surface area contributed by atoms with Gasteiger partial charge in [-0.1, -0.05) is 85.8 Å². The van der Waals surface area contributed by atoms with E-state index in [0.717, 1.165) is 72.0 Å². The number of para-hydroxylation sites is 1. The number of anilines is 1. The minimum atomic E-state index is -0.558. The number of urea groups is 1. The molecule has 0 bridgehead atoms. The molecule has 2 amide bonds. The van der Waals surface area contributed by atoms with Crippen LogP contribution in [0.2, 0.25) is 0 Å². The minimum Gasteiger partial charge on any atom is -0.457 e. The summed E-state index contributed by atoms with van der Waals surface area (Å²) in [5, 5.41) is 15.5. The lowest BCUT2D eigenvalue weighted by molar-refractivity contribution is -0.277.